The fourth-order valence-corrected chi connectivity index (χ4v) is 2.05. The molecule has 2 unspecified atom stereocenters. The fraction of sp³-hybridized carbons (Fsp3) is 0.133. The number of amides is 1. The number of carbonyl (C=O) groups is 1. The predicted octanol–water partition coefficient (Wildman–Crippen LogP) is 0.483. The molecule has 0 saturated heterocycles. The first kappa shape index (κ1) is 18.6. The van der Waals surface area contributed by atoms with Crippen LogP contribution < -0.4 is 20.9 Å². The maximum absolute atomic E-state index is 12.2. The number of quaternary nitrogens is 2. The Morgan fingerprint density at radius 2 is 1.84 bits per heavy atom. The third kappa shape index (κ3) is 4.64. The summed E-state index contributed by atoms with van der Waals surface area (Å²) in [5.74, 6) is 0. The van der Waals surface area contributed by atoms with Crippen LogP contribution in [0, 0.1) is 10.4 Å². The highest BCUT2D eigenvalue weighted by Crippen LogP contribution is 2.24. The highest BCUT2D eigenvalue weighted by molar-refractivity contribution is 5.90. The molecule has 0 aromatic heterocycles. The molecule has 0 aliphatic heterocycles. The summed E-state index contributed by atoms with van der Waals surface area (Å²) in [4.78, 5) is 12.2. The van der Waals surface area contributed by atoms with Crippen LogP contribution in [0.5, 0.6) is 0 Å². The van der Waals surface area contributed by atoms with Crippen LogP contribution in [0.25, 0.3) is 0 Å². The average molecular weight is 350 g/mol. The van der Waals surface area contributed by atoms with Gasteiger partial charge in [0.15, 0.2) is 11.4 Å². The lowest BCUT2D eigenvalue weighted by atomic mass is 10.2. The Bertz CT molecular complexity index is 710. The van der Waals surface area contributed by atoms with Crippen LogP contribution in [-0.2, 0) is 4.74 Å². The van der Waals surface area contributed by atoms with E-state index in [1.165, 1.54) is 12.1 Å². The van der Waals surface area contributed by atoms with E-state index in [9.17, 15) is 20.4 Å². The number of ether oxygens (including phenoxy) is 1. The third-order valence-electron chi connectivity index (χ3n) is 3.19. The Kier molecular flexibility index (Phi) is 6.25. The molecule has 0 radical (unpaired) electrons. The Hall–Kier alpha value is -2.73. The van der Waals surface area contributed by atoms with E-state index in [0.29, 0.717) is 5.69 Å². The normalized spacial score (nSPS) is 13.0. The van der Waals surface area contributed by atoms with Crippen LogP contribution in [0.15, 0.2) is 48.5 Å². The van der Waals surface area contributed by atoms with E-state index >= 15 is 0 Å². The Morgan fingerprint density at radius 3 is 2.40 bits per heavy atom. The van der Waals surface area contributed by atoms with Crippen LogP contribution in [-0.4, -0.2) is 23.1 Å². The van der Waals surface area contributed by atoms with Gasteiger partial charge in [-0.1, -0.05) is 18.2 Å². The lowest BCUT2D eigenvalue weighted by Crippen LogP contribution is -3.00. The van der Waals surface area contributed by atoms with Crippen molar-refractivity contribution in [3.8, 4) is 0 Å². The summed E-state index contributed by atoms with van der Waals surface area (Å²) in [5, 5.41) is 39.3. The minimum atomic E-state index is -1.33. The Labute approximate surface area is 143 Å². The summed E-state index contributed by atoms with van der Waals surface area (Å²) < 4.78 is 4.98. The SMILES string of the molecule is CCOC(=O)N(Nc1ccc([NH+]([O-])O)cc1[NH+]([O-])O)c1ccccc1. The molecule has 0 saturated carbocycles. The van der Waals surface area contributed by atoms with Crippen molar-refractivity contribution in [1.29, 1.82) is 0 Å². The van der Waals surface area contributed by atoms with Gasteiger partial charge in [0.2, 0.25) is 0 Å². The number of hydrogen-bond donors (Lipinski definition) is 5. The van der Waals surface area contributed by atoms with Crippen LogP contribution in [0.3, 0.4) is 0 Å². The zero-order chi connectivity index (χ0) is 18.4. The summed E-state index contributed by atoms with van der Waals surface area (Å²) in [5.41, 5.74) is 2.70. The van der Waals surface area contributed by atoms with Gasteiger partial charge in [-0.2, -0.15) is 15.5 Å². The minimum absolute atomic E-state index is 0.0504. The smallest absolute Gasteiger partial charge is 0.433 e. The molecule has 0 spiro atoms. The number of para-hydroxylation sites is 1. The van der Waals surface area contributed by atoms with Crippen molar-refractivity contribution < 1.29 is 30.4 Å². The van der Waals surface area contributed by atoms with Gasteiger partial charge in [-0.25, -0.2) is 15.2 Å². The second-order valence-electron chi connectivity index (χ2n) is 4.85. The summed E-state index contributed by atoms with van der Waals surface area (Å²) >= 11 is 0. The molecule has 0 bridgehead atoms. The van der Waals surface area contributed by atoms with E-state index in [4.69, 9.17) is 9.94 Å². The molecule has 1 amide bonds. The number of nitrogens with zero attached hydrogens (tertiary/aromatic N) is 1. The zero-order valence-electron chi connectivity index (χ0n) is 13.3. The summed E-state index contributed by atoms with van der Waals surface area (Å²) in [6.07, 6.45) is -0.729. The van der Waals surface area contributed by atoms with Gasteiger partial charge >= 0.3 is 6.09 Å². The molecule has 2 aromatic rings. The standard InChI is InChI=1S/C15H18N4O6/c1-2-25-15(20)17(11-6-4-3-5-7-11)16-13-9-8-12(18(21)22)10-14(13)19(23)24/h3-10,16,18-19,21,23H,2H2,1H3. The van der Waals surface area contributed by atoms with Crippen LogP contribution in [0.4, 0.5) is 27.5 Å². The molecule has 2 atom stereocenters. The van der Waals surface area contributed by atoms with Crippen molar-refractivity contribution in [3.05, 3.63) is 58.9 Å². The van der Waals surface area contributed by atoms with Gasteiger partial charge in [-0.15, -0.1) is 0 Å². The summed E-state index contributed by atoms with van der Waals surface area (Å²) in [6, 6.07) is 12.0. The predicted molar refractivity (Wildman–Crippen MR) is 87.6 cm³/mol. The Balaban J connectivity index is 2.40. The molecule has 10 nitrogen and oxygen atoms in total. The highest BCUT2D eigenvalue weighted by atomic mass is 16.8. The zero-order valence-corrected chi connectivity index (χ0v) is 13.3. The quantitative estimate of drug-likeness (QED) is 0.478. The fourth-order valence-electron chi connectivity index (χ4n) is 2.05. The van der Waals surface area contributed by atoms with Crippen LogP contribution in [0.2, 0.25) is 0 Å². The van der Waals surface area contributed by atoms with E-state index in [1.807, 2.05) is 0 Å². The van der Waals surface area contributed by atoms with Gasteiger partial charge in [0.25, 0.3) is 0 Å². The van der Waals surface area contributed by atoms with E-state index in [0.717, 1.165) is 11.1 Å². The lowest BCUT2D eigenvalue weighted by molar-refractivity contribution is -0.996. The first-order valence-electron chi connectivity index (χ1n) is 7.33. The molecule has 0 aliphatic rings. The maximum atomic E-state index is 12.2. The van der Waals surface area contributed by atoms with E-state index in [2.05, 4.69) is 5.43 Å². The first-order valence-corrected chi connectivity index (χ1v) is 7.33. The van der Waals surface area contributed by atoms with Crippen molar-refractivity contribution >= 4 is 28.8 Å². The van der Waals surface area contributed by atoms with E-state index in [1.54, 1.807) is 37.3 Å². The minimum Gasteiger partial charge on any atom is -0.595 e. The van der Waals surface area contributed by atoms with Gasteiger partial charge in [0.1, 0.15) is 5.69 Å². The number of benzene rings is 2. The van der Waals surface area contributed by atoms with Gasteiger partial charge in [-0.05, 0) is 25.1 Å². The van der Waals surface area contributed by atoms with Gasteiger partial charge in [-0.3, -0.25) is 5.43 Å². The molecule has 2 aromatic carbocycles. The van der Waals surface area contributed by atoms with E-state index < -0.39 is 16.5 Å². The number of carbonyl (C=O) groups excluding carboxylic acids is 1. The Morgan fingerprint density at radius 1 is 1.16 bits per heavy atom. The van der Waals surface area contributed by atoms with Crippen molar-refractivity contribution in [2.75, 3.05) is 17.0 Å². The second kappa shape index (κ2) is 8.39. The lowest BCUT2D eigenvalue weighted by Gasteiger charge is -2.25. The highest BCUT2D eigenvalue weighted by Gasteiger charge is 2.21. The van der Waals surface area contributed by atoms with Gasteiger partial charge in [0, 0.05) is 6.07 Å². The average Bonchev–Trinajstić information content (AvgIpc) is 2.60. The molecule has 5 N–H and O–H groups in total. The first-order chi connectivity index (χ1) is 11.9. The van der Waals surface area contributed by atoms with Crippen LogP contribution in [0.1, 0.15) is 6.92 Å². The van der Waals surface area contributed by atoms with Crippen molar-refractivity contribution in [3.63, 3.8) is 0 Å². The number of hydrogen-bond acceptors (Lipinski definition) is 7. The van der Waals surface area contributed by atoms with Crippen molar-refractivity contribution in [2.45, 2.75) is 6.92 Å². The second-order valence-corrected chi connectivity index (χ2v) is 4.85. The summed E-state index contributed by atoms with van der Waals surface area (Å²) in [6.45, 7) is 1.78. The van der Waals surface area contributed by atoms with Crippen molar-refractivity contribution in [2.24, 2.45) is 0 Å². The molecule has 134 valence electrons. The number of nitrogens with one attached hydrogen (secondary N) is 3. The van der Waals surface area contributed by atoms with Crippen molar-refractivity contribution in [1.82, 2.24) is 0 Å². The third-order valence-corrected chi connectivity index (χ3v) is 3.19. The molecule has 0 aliphatic carbocycles. The van der Waals surface area contributed by atoms with Gasteiger partial charge < -0.3 is 15.2 Å². The van der Waals surface area contributed by atoms with Gasteiger partial charge in [0.05, 0.1) is 18.4 Å². The molecular weight excluding hydrogens is 332 g/mol. The molecule has 0 fully saturated rings. The maximum Gasteiger partial charge on any atom is 0.433 e. The molecule has 0 heterocycles. The number of hydrazine groups is 1. The molecule has 25 heavy (non-hydrogen) atoms. The van der Waals surface area contributed by atoms with Crippen LogP contribution >= 0.6 is 0 Å². The van der Waals surface area contributed by atoms with E-state index in [-0.39, 0.29) is 23.7 Å². The topological polar surface area (TPSA) is 137 Å². The monoisotopic (exact) mass is 350 g/mol. The molecule has 2 rings (SSSR count). The molecule has 10 heteroatoms. The largest absolute Gasteiger partial charge is 0.595 e. The number of rotatable bonds is 6. The number of anilines is 2. The molecular formula is C15H18N4O6. The summed E-state index contributed by atoms with van der Waals surface area (Å²) in [7, 11) is 0.